The van der Waals surface area contributed by atoms with Crippen molar-refractivity contribution in [2.45, 2.75) is 60.8 Å². The molecule has 0 aliphatic carbocycles. The van der Waals surface area contributed by atoms with Crippen molar-refractivity contribution < 1.29 is 19.1 Å². The van der Waals surface area contributed by atoms with Crippen LogP contribution in [0, 0.1) is 6.92 Å². The molecule has 0 heterocycles. The Morgan fingerprint density at radius 1 is 0.960 bits per heavy atom. The highest BCUT2D eigenvalue weighted by molar-refractivity contribution is 5.72. The van der Waals surface area contributed by atoms with Gasteiger partial charge in [-0.15, -0.1) is 0 Å². The minimum Gasteiger partial charge on any atom is -0.427 e. The van der Waals surface area contributed by atoms with Crippen molar-refractivity contribution in [3.8, 4) is 11.5 Å². The highest BCUT2D eigenvalue weighted by Gasteiger charge is 2.12. The molecule has 0 amide bonds. The van der Waals surface area contributed by atoms with E-state index in [9.17, 15) is 9.59 Å². The van der Waals surface area contributed by atoms with E-state index in [-0.39, 0.29) is 0 Å². The molecule has 0 atom stereocenters. The van der Waals surface area contributed by atoms with Crippen LogP contribution in [0.4, 0.5) is 0 Å². The summed E-state index contributed by atoms with van der Waals surface area (Å²) in [4.78, 5) is 22.6. The summed E-state index contributed by atoms with van der Waals surface area (Å²) in [5.41, 5.74) is 4.45. The van der Waals surface area contributed by atoms with Crippen molar-refractivity contribution in [3.63, 3.8) is 0 Å². The Morgan fingerprint density at radius 2 is 1.60 bits per heavy atom. The van der Waals surface area contributed by atoms with E-state index in [1.165, 1.54) is 25.0 Å². The Kier molecular flexibility index (Phi) is 8.12. The number of ether oxygens (including phenoxy) is 2. The van der Waals surface area contributed by atoms with Crippen LogP contribution in [0.5, 0.6) is 11.5 Å². The van der Waals surface area contributed by atoms with E-state index in [4.69, 9.17) is 9.47 Å². The van der Waals surface area contributed by atoms with Crippen LogP contribution in [0.15, 0.2) is 35.4 Å². The molecule has 1 rings (SSSR count). The lowest BCUT2D eigenvalue weighted by molar-refractivity contribution is -0.132. The quantitative estimate of drug-likeness (QED) is 0.393. The van der Waals surface area contributed by atoms with Crippen LogP contribution >= 0.6 is 0 Å². The molecule has 1 aromatic carbocycles. The Bertz CT molecular complexity index is 692. The third kappa shape index (κ3) is 7.84. The minimum absolute atomic E-state index is 0.384. The molecule has 0 aromatic heterocycles. The molecule has 0 saturated carbocycles. The van der Waals surface area contributed by atoms with Crippen molar-refractivity contribution in [2.24, 2.45) is 0 Å². The summed E-state index contributed by atoms with van der Waals surface area (Å²) in [6, 6.07) is 3.38. The summed E-state index contributed by atoms with van der Waals surface area (Å²) in [5, 5.41) is 0. The van der Waals surface area contributed by atoms with Crippen LogP contribution < -0.4 is 9.47 Å². The zero-order valence-electron chi connectivity index (χ0n) is 16.1. The predicted octanol–water partition coefficient (Wildman–Crippen LogP) is 5.08. The second-order valence-electron chi connectivity index (χ2n) is 6.48. The van der Waals surface area contributed by atoms with E-state index in [2.05, 4.69) is 32.9 Å². The van der Waals surface area contributed by atoms with Crippen LogP contribution in [0.1, 0.15) is 58.6 Å². The second-order valence-corrected chi connectivity index (χ2v) is 6.48. The number of esters is 2. The second kappa shape index (κ2) is 9.82. The summed E-state index contributed by atoms with van der Waals surface area (Å²) in [6.45, 7) is 10.9. The fourth-order valence-corrected chi connectivity index (χ4v) is 2.45. The van der Waals surface area contributed by atoms with Crippen LogP contribution in [0.3, 0.4) is 0 Å². The molecule has 0 unspecified atom stereocenters. The van der Waals surface area contributed by atoms with Gasteiger partial charge in [-0.3, -0.25) is 9.59 Å². The molecule has 25 heavy (non-hydrogen) atoms. The van der Waals surface area contributed by atoms with Crippen LogP contribution in [0.25, 0.3) is 0 Å². The lowest BCUT2D eigenvalue weighted by Crippen LogP contribution is -2.07. The van der Waals surface area contributed by atoms with E-state index in [0.29, 0.717) is 17.9 Å². The van der Waals surface area contributed by atoms with E-state index in [1.54, 1.807) is 12.1 Å². The minimum atomic E-state index is -0.407. The number of hydrogen-bond donors (Lipinski definition) is 0. The Hall–Kier alpha value is -2.36. The highest BCUT2D eigenvalue weighted by atomic mass is 16.5. The van der Waals surface area contributed by atoms with Gasteiger partial charge >= 0.3 is 11.9 Å². The first kappa shape index (κ1) is 20.7. The van der Waals surface area contributed by atoms with Gasteiger partial charge in [0, 0.05) is 25.5 Å². The molecule has 136 valence electrons. The highest BCUT2D eigenvalue weighted by Crippen LogP contribution is 2.30. The summed E-state index contributed by atoms with van der Waals surface area (Å²) in [6.07, 6.45) is 7.06. The van der Waals surface area contributed by atoms with Gasteiger partial charge in [-0.25, -0.2) is 0 Å². The number of hydrogen-bond acceptors (Lipinski definition) is 4. The van der Waals surface area contributed by atoms with Crippen LogP contribution in [-0.4, -0.2) is 11.9 Å². The predicted molar refractivity (Wildman–Crippen MR) is 99.9 cm³/mol. The zero-order chi connectivity index (χ0) is 19.0. The smallest absolute Gasteiger partial charge is 0.308 e. The Balaban J connectivity index is 3.01. The van der Waals surface area contributed by atoms with Crippen molar-refractivity contribution in [1.82, 2.24) is 0 Å². The number of rotatable bonds is 7. The topological polar surface area (TPSA) is 52.6 Å². The maximum Gasteiger partial charge on any atom is 0.308 e. The Morgan fingerprint density at radius 3 is 2.16 bits per heavy atom. The molecule has 4 heteroatoms. The lowest BCUT2D eigenvalue weighted by Gasteiger charge is -2.13. The molecule has 0 spiro atoms. The molecule has 4 nitrogen and oxygen atoms in total. The number of allylic oxidation sites excluding steroid dienone is 4. The van der Waals surface area contributed by atoms with Crippen molar-refractivity contribution in [1.29, 1.82) is 0 Å². The summed E-state index contributed by atoms with van der Waals surface area (Å²) in [5.74, 6) is 0.0205. The monoisotopic (exact) mass is 344 g/mol. The lowest BCUT2D eigenvalue weighted by atomic mass is 10.0. The number of carbonyl (C=O) groups is 2. The first-order valence-electron chi connectivity index (χ1n) is 8.48. The molecule has 0 saturated heterocycles. The zero-order valence-corrected chi connectivity index (χ0v) is 16.1. The van der Waals surface area contributed by atoms with Gasteiger partial charge in [0.25, 0.3) is 0 Å². The molecular formula is C21H28O4. The molecular weight excluding hydrogens is 316 g/mol. The fraction of sp³-hybridized carbons (Fsp3) is 0.429. The van der Waals surface area contributed by atoms with Crippen molar-refractivity contribution >= 4 is 11.9 Å². The first-order valence-corrected chi connectivity index (χ1v) is 8.48. The molecule has 1 aromatic rings. The van der Waals surface area contributed by atoms with Crippen molar-refractivity contribution in [2.75, 3.05) is 0 Å². The molecule has 0 bridgehead atoms. The molecule has 0 aliphatic heterocycles. The van der Waals surface area contributed by atoms with Crippen LogP contribution in [-0.2, 0) is 16.0 Å². The third-order valence-electron chi connectivity index (χ3n) is 3.67. The van der Waals surface area contributed by atoms with Gasteiger partial charge in [0.05, 0.1) is 0 Å². The molecule has 0 N–H and O–H groups in total. The van der Waals surface area contributed by atoms with Gasteiger partial charge in [0.1, 0.15) is 11.5 Å². The number of aryl methyl sites for hydroxylation is 1. The average molecular weight is 344 g/mol. The third-order valence-corrected chi connectivity index (χ3v) is 3.67. The number of carbonyl (C=O) groups excluding carboxylic acids is 2. The SMILES string of the molecule is CC(=O)Oc1cc(C)c(C/C=C(\C)CCC=C(C)C)c(OC(C)=O)c1. The first-order chi connectivity index (χ1) is 11.7. The Labute approximate surface area is 150 Å². The fourth-order valence-electron chi connectivity index (χ4n) is 2.45. The van der Waals surface area contributed by atoms with Gasteiger partial charge < -0.3 is 9.47 Å². The largest absolute Gasteiger partial charge is 0.427 e. The summed E-state index contributed by atoms with van der Waals surface area (Å²) < 4.78 is 10.4. The van der Waals surface area contributed by atoms with E-state index < -0.39 is 11.9 Å². The summed E-state index contributed by atoms with van der Waals surface area (Å²) >= 11 is 0. The van der Waals surface area contributed by atoms with Gasteiger partial charge in [-0.1, -0.05) is 23.3 Å². The number of benzene rings is 1. The molecule has 0 radical (unpaired) electrons. The molecule has 0 fully saturated rings. The van der Waals surface area contributed by atoms with Crippen LogP contribution in [0.2, 0.25) is 0 Å². The maximum absolute atomic E-state index is 11.4. The van der Waals surface area contributed by atoms with Gasteiger partial charge in [-0.05, 0) is 58.6 Å². The normalized spacial score (nSPS) is 11.0. The molecule has 0 aliphatic rings. The van der Waals surface area contributed by atoms with E-state index >= 15 is 0 Å². The van der Waals surface area contributed by atoms with E-state index in [0.717, 1.165) is 24.0 Å². The van der Waals surface area contributed by atoms with Gasteiger partial charge in [-0.2, -0.15) is 0 Å². The maximum atomic E-state index is 11.4. The standard InChI is InChI=1S/C21H28O4/c1-14(2)8-7-9-15(3)10-11-20-16(4)12-19(24-17(5)22)13-21(20)25-18(6)23/h8,10,12-13H,7,9,11H2,1-6H3/b15-10+. The van der Waals surface area contributed by atoms with E-state index in [1.807, 2.05) is 6.92 Å². The van der Waals surface area contributed by atoms with Crippen molar-refractivity contribution in [3.05, 3.63) is 46.6 Å². The van der Waals surface area contributed by atoms with Gasteiger partial charge in [0.15, 0.2) is 0 Å². The summed E-state index contributed by atoms with van der Waals surface area (Å²) in [7, 11) is 0. The average Bonchev–Trinajstić information content (AvgIpc) is 2.44. The van der Waals surface area contributed by atoms with Gasteiger partial charge in [0.2, 0.25) is 0 Å².